The highest BCUT2D eigenvalue weighted by Crippen LogP contribution is 2.15. The molecule has 1 fully saturated rings. The quantitative estimate of drug-likeness (QED) is 0.309. The van der Waals surface area contributed by atoms with E-state index in [-0.39, 0.29) is 29.9 Å². The van der Waals surface area contributed by atoms with Gasteiger partial charge in [0.25, 0.3) is 0 Å². The van der Waals surface area contributed by atoms with Crippen molar-refractivity contribution in [3.8, 4) is 0 Å². The third-order valence-corrected chi connectivity index (χ3v) is 6.48. The number of guanidine groups is 1. The third-order valence-electron chi connectivity index (χ3n) is 5.05. The van der Waals surface area contributed by atoms with Crippen LogP contribution in [0.5, 0.6) is 0 Å². The number of aromatic nitrogens is 1. The van der Waals surface area contributed by atoms with Crippen molar-refractivity contribution in [2.45, 2.75) is 33.1 Å². The fourth-order valence-electron chi connectivity index (χ4n) is 3.41. The second-order valence-electron chi connectivity index (χ2n) is 7.23. The lowest BCUT2D eigenvalue weighted by atomic mass is 10.1. The van der Waals surface area contributed by atoms with Gasteiger partial charge in [-0.05, 0) is 31.0 Å². The Morgan fingerprint density at radius 3 is 2.61 bits per heavy atom. The number of rotatable bonds is 7. The summed E-state index contributed by atoms with van der Waals surface area (Å²) in [5.41, 5.74) is 0.957. The topological polar surface area (TPSA) is 60.8 Å². The standard InChI is InChI=1S/C22H30ClN5OS.HI/c1-3-19-16-26-20(30-19)8-9-25-22(24-4-2)28-12-10-27(11-13-28)21(29)15-17-6-5-7-18(23)14-17;/h5-7,14,16H,3-4,8-13,15H2,1-2H3,(H,24,25);1H. The second kappa shape index (κ2) is 13.2. The molecule has 170 valence electrons. The van der Waals surface area contributed by atoms with E-state index in [4.69, 9.17) is 16.6 Å². The molecule has 31 heavy (non-hydrogen) atoms. The van der Waals surface area contributed by atoms with Gasteiger partial charge in [0.1, 0.15) is 0 Å². The Kier molecular flexibility index (Phi) is 11.0. The molecular weight excluding hydrogens is 545 g/mol. The molecule has 1 N–H and O–H groups in total. The highest BCUT2D eigenvalue weighted by Gasteiger charge is 2.23. The van der Waals surface area contributed by atoms with E-state index in [1.165, 1.54) is 4.88 Å². The number of amides is 1. The molecule has 1 aliphatic heterocycles. The summed E-state index contributed by atoms with van der Waals surface area (Å²) in [5.74, 6) is 1.07. The molecule has 1 aliphatic rings. The Morgan fingerprint density at radius 2 is 1.97 bits per heavy atom. The number of nitrogens with one attached hydrogen (secondary N) is 1. The molecule has 1 amide bonds. The first-order valence-electron chi connectivity index (χ1n) is 10.6. The first-order chi connectivity index (χ1) is 14.6. The highest BCUT2D eigenvalue weighted by atomic mass is 127. The van der Waals surface area contributed by atoms with Crippen molar-refractivity contribution >= 4 is 58.8 Å². The average Bonchev–Trinajstić information content (AvgIpc) is 3.21. The molecule has 9 heteroatoms. The zero-order valence-corrected chi connectivity index (χ0v) is 22.0. The van der Waals surface area contributed by atoms with Gasteiger partial charge in [-0.15, -0.1) is 35.3 Å². The van der Waals surface area contributed by atoms with Crippen LogP contribution in [0.15, 0.2) is 35.5 Å². The van der Waals surface area contributed by atoms with Crippen LogP contribution in [0.3, 0.4) is 0 Å². The summed E-state index contributed by atoms with van der Waals surface area (Å²) in [7, 11) is 0. The van der Waals surface area contributed by atoms with Crippen LogP contribution in [0.4, 0.5) is 0 Å². The number of benzene rings is 1. The van der Waals surface area contributed by atoms with E-state index in [2.05, 4.69) is 29.0 Å². The summed E-state index contributed by atoms with van der Waals surface area (Å²) in [6.07, 6.45) is 4.25. The van der Waals surface area contributed by atoms with Gasteiger partial charge < -0.3 is 15.1 Å². The monoisotopic (exact) mass is 575 g/mol. The van der Waals surface area contributed by atoms with E-state index < -0.39 is 0 Å². The van der Waals surface area contributed by atoms with Crippen LogP contribution < -0.4 is 5.32 Å². The molecule has 0 saturated carbocycles. The van der Waals surface area contributed by atoms with Crippen LogP contribution in [0.1, 0.15) is 29.3 Å². The zero-order chi connectivity index (χ0) is 21.3. The molecule has 1 aromatic carbocycles. The first kappa shape index (κ1) is 25.9. The maximum absolute atomic E-state index is 12.6. The van der Waals surface area contributed by atoms with Crippen molar-refractivity contribution in [1.29, 1.82) is 0 Å². The van der Waals surface area contributed by atoms with Crippen molar-refractivity contribution in [2.24, 2.45) is 4.99 Å². The lowest BCUT2D eigenvalue weighted by molar-refractivity contribution is -0.131. The number of nitrogens with zero attached hydrogens (tertiary/aromatic N) is 4. The van der Waals surface area contributed by atoms with Crippen molar-refractivity contribution in [2.75, 3.05) is 39.3 Å². The molecule has 0 radical (unpaired) electrons. The number of thiazole rings is 1. The van der Waals surface area contributed by atoms with E-state index in [1.54, 1.807) is 11.3 Å². The molecule has 3 rings (SSSR count). The molecule has 2 heterocycles. The second-order valence-corrected chi connectivity index (χ2v) is 8.87. The SMILES string of the molecule is CCNC(=NCCc1ncc(CC)s1)N1CCN(C(=O)Cc2cccc(Cl)c2)CC1.I. The number of aliphatic imine (C=N–C) groups is 1. The van der Waals surface area contributed by atoms with Gasteiger partial charge in [0.05, 0.1) is 11.4 Å². The van der Waals surface area contributed by atoms with Gasteiger partial charge in [-0.2, -0.15) is 0 Å². The lowest BCUT2D eigenvalue weighted by Gasteiger charge is -2.36. The van der Waals surface area contributed by atoms with Gasteiger partial charge in [0, 0.05) is 61.8 Å². The van der Waals surface area contributed by atoms with Crippen LogP contribution in [-0.4, -0.2) is 65.9 Å². The van der Waals surface area contributed by atoms with E-state index in [0.29, 0.717) is 31.1 Å². The molecule has 1 saturated heterocycles. The zero-order valence-electron chi connectivity index (χ0n) is 18.1. The summed E-state index contributed by atoms with van der Waals surface area (Å²) in [6.45, 7) is 8.74. The van der Waals surface area contributed by atoms with Gasteiger partial charge in [-0.1, -0.05) is 30.7 Å². The maximum atomic E-state index is 12.6. The summed E-state index contributed by atoms with van der Waals surface area (Å²) in [6, 6.07) is 7.52. The molecule has 0 atom stereocenters. The Hall–Kier alpha value is -1.39. The van der Waals surface area contributed by atoms with Crippen molar-refractivity contribution in [1.82, 2.24) is 20.1 Å². The number of hydrogen-bond acceptors (Lipinski definition) is 4. The van der Waals surface area contributed by atoms with Crippen molar-refractivity contribution in [3.63, 3.8) is 0 Å². The molecule has 0 aliphatic carbocycles. The fraction of sp³-hybridized carbons (Fsp3) is 0.500. The predicted octanol–water partition coefficient (Wildman–Crippen LogP) is 3.87. The normalized spacial score (nSPS) is 14.4. The van der Waals surface area contributed by atoms with Gasteiger partial charge in [0.15, 0.2) is 5.96 Å². The van der Waals surface area contributed by atoms with Gasteiger partial charge in [-0.3, -0.25) is 9.79 Å². The third kappa shape index (κ3) is 7.91. The van der Waals surface area contributed by atoms with Crippen molar-refractivity contribution < 1.29 is 4.79 Å². The average molecular weight is 576 g/mol. The maximum Gasteiger partial charge on any atom is 0.227 e. The van der Waals surface area contributed by atoms with Crippen LogP contribution in [0.25, 0.3) is 0 Å². The Morgan fingerprint density at radius 1 is 1.23 bits per heavy atom. The lowest BCUT2D eigenvalue weighted by Crippen LogP contribution is -2.54. The molecule has 2 aromatic rings. The van der Waals surface area contributed by atoms with Crippen molar-refractivity contribution in [3.05, 3.63) is 50.9 Å². The smallest absolute Gasteiger partial charge is 0.227 e. The van der Waals surface area contributed by atoms with E-state index in [1.807, 2.05) is 35.4 Å². The molecular formula is C22H31ClIN5OS. The van der Waals surface area contributed by atoms with Crippen LogP contribution in [0, 0.1) is 0 Å². The van der Waals surface area contributed by atoms with Crippen LogP contribution in [-0.2, 0) is 24.1 Å². The summed E-state index contributed by atoms with van der Waals surface area (Å²) >= 11 is 7.80. The first-order valence-corrected chi connectivity index (χ1v) is 11.8. The molecule has 1 aromatic heterocycles. The summed E-state index contributed by atoms with van der Waals surface area (Å²) < 4.78 is 0. The van der Waals surface area contributed by atoms with E-state index in [0.717, 1.165) is 49.0 Å². The van der Waals surface area contributed by atoms with E-state index in [9.17, 15) is 4.79 Å². The van der Waals surface area contributed by atoms with E-state index >= 15 is 0 Å². The van der Waals surface area contributed by atoms with Crippen LogP contribution >= 0.6 is 46.9 Å². The minimum Gasteiger partial charge on any atom is -0.357 e. The molecule has 0 bridgehead atoms. The Labute approximate surface area is 211 Å². The number of piperazine rings is 1. The fourth-order valence-corrected chi connectivity index (χ4v) is 4.48. The Balaban J connectivity index is 0.00000341. The molecule has 6 nitrogen and oxygen atoms in total. The summed E-state index contributed by atoms with van der Waals surface area (Å²) in [5, 5.41) is 5.19. The number of aryl methyl sites for hydroxylation is 1. The Bertz CT molecular complexity index is 867. The molecule has 0 unspecified atom stereocenters. The number of carbonyl (C=O) groups is 1. The minimum absolute atomic E-state index is 0. The number of carbonyl (C=O) groups excluding carboxylic acids is 1. The van der Waals surface area contributed by atoms with Gasteiger partial charge in [0.2, 0.25) is 5.91 Å². The number of hydrogen-bond donors (Lipinski definition) is 1. The molecule has 0 spiro atoms. The van der Waals surface area contributed by atoms with Gasteiger partial charge >= 0.3 is 0 Å². The predicted molar refractivity (Wildman–Crippen MR) is 140 cm³/mol. The highest BCUT2D eigenvalue weighted by molar-refractivity contribution is 14.0. The number of halogens is 2. The van der Waals surface area contributed by atoms with Crippen LogP contribution in [0.2, 0.25) is 5.02 Å². The largest absolute Gasteiger partial charge is 0.357 e. The van der Waals surface area contributed by atoms with Gasteiger partial charge in [-0.25, -0.2) is 4.98 Å². The minimum atomic E-state index is 0. The summed E-state index contributed by atoms with van der Waals surface area (Å²) in [4.78, 5) is 27.4.